The second kappa shape index (κ2) is 18.6. The van der Waals surface area contributed by atoms with Crippen LogP contribution >= 0.6 is 0 Å². The van der Waals surface area contributed by atoms with E-state index in [0.717, 1.165) is 5.56 Å². The summed E-state index contributed by atoms with van der Waals surface area (Å²) in [5, 5.41) is 17.5. The van der Waals surface area contributed by atoms with E-state index in [0.29, 0.717) is 70.1 Å². The monoisotopic (exact) mass is 643 g/mol. The number of carboxylic acid groups (broad SMARTS) is 1. The molecule has 3 atom stereocenters. The molecule has 1 aliphatic rings. The van der Waals surface area contributed by atoms with Crippen LogP contribution in [0.5, 0.6) is 0 Å². The molecule has 254 valence electrons. The molecule has 2 rings (SSSR count). The molecule has 0 saturated heterocycles. The molecule has 1 heterocycles. The minimum atomic E-state index is -0.889. The predicted molar refractivity (Wildman–Crippen MR) is 173 cm³/mol. The molecule has 1 aromatic rings. The highest BCUT2D eigenvalue weighted by Gasteiger charge is 2.23. The molecular weight excluding hydrogens is 594 g/mol. The zero-order chi connectivity index (χ0) is 34.3. The van der Waals surface area contributed by atoms with Gasteiger partial charge in [0, 0.05) is 43.4 Å². The number of unbranched alkanes of at least 4 members (excludes halogenated alkanes) is 3. The fraction of sp³-hybridized carbons (Fsp3) is 0.576. The predicted octanol–water partition coefficient (Wildman–Crippen LogP) is 3.27. The maximum atomic E-state index is 13.2. The van der Waals surface area contributed by atoms with Gasteiger partial charge in [0.2, 0.25) is 11.8 Å². The van der Waals surface area contributed by atoms with E-state index >= 15 is 0 Å². The standard InChI is InChI=1S/C33H49N5O8/c1-22(31(43)44)20-24(34)21-23-12-14-25(15-13-23)36-30(42)26(10-7-8-18-35-32(45)46-33(2,3)4)37-27(39)11-6-5-9-19-38-28(40)16-17-29(38)41/h12-17,22,24,26H,5-11,18-21,34H2,1-4H3,(H,35,45)(H,36,42)(H,37,39)(H,43,44)/t22?,24-,26+/m1/s1. The van der Waals surface area contributed by atoms with Crippen molar-refractivity contribution in [2.24, 2.45) is 11.7 Å². The van der Waals surface area contributed by atoms with Crippen molar-refractivity contribution in [1.82, 2.24) is 15.5 Å². The van der Waals surface area contributed by atoms with Gasteiger partial charge in [0.15, 0.2) is 0 Å². The molecule has 5 amide bonds. The number of nitrogens with one attached hydrogen (secondary N) is 3. The van der Waals surface area contributed by atoms with Gasteiger partial charge in [-0.2, -0.15) is 0 Å². The van der Waals surface area contributed by atoms with Gasteiger partial charge in [0.25, 0.3) is 11.8 Å². The van der Waals surface area contributed by atoms with Crippen molar-refractivity contribution in [3.05, 3.63) is 42.0 Å². The van der Waals surface area contributed by atoms with E-state index in [4.69, 9.17) is 15.6 Å². The summed E-state index contributed by atoms with van der Waals surface area (Å²) < 4.78 is 5.23. The Hall–Kier alpha value is -4.26. The quantitative estimate of drug-likeness (QED) is 0.111. The van der Waals surface area contributed by atoms with Crippen LogP contribution in [-0.4, -0.2) is 76.5 Å². The van der Waals surface area contributed by atoms with Gasteiger partial charge in [-0.05, 0) is 83.4 Å². The van der Waals surface area contributed by atoms with Crippen molar-refractivity contribution in [2.75, 3.05) is 18.4 Å². The molecule has 46 heavy (non-hydrogen) atoms. The van der Waals surface area contributed by atoms with E-state index in [1.54, 1.807) is 39.8 Å². The lowest BCUT2D eigenvalue weighted by atomic mass is 9.97. The first-order valence-corrected chi connectivity index (χ1v) is 15.8. The number of nitrogens with two attached hydrogens (primary N) is 1. The number of carbonyl (C=O) groups excluding carboxylic acids is 5. The van der Waals surface area contributed by atoms with Gasteiger partial charge in [0.1, 0.15) is 11.6 Å². The van der Waals surface area contributed by atoms with Crippen molar-refractivity contribution in [3.63, 3.8) is 0 Å². The third-order valence-corrected chi connectivity index (χ3v) is 7.22. The molecule has 0 radical (unpaired) electrons. The number of ether oxygens (including phenoxy) is 1. The normalized spacial score (nSPS) is 14.8. The van der Waals surface area contributed by atoms with Gasteiger partial charge < -0.3 is 31.5 Å². The Morgan fingerprint density at radius 2 is 1.61 bits per heavy atom. The van der Waals surface area contributed by atoms with Crippen LogP contribution in [0.3, 0.4) is 0 Å². The summed E-state index contributed by atoms with van der Waals surface area (Å²) in [7, 11) is 0. The van der Waals surface area contributed by atoms with Crippen LogP contribution in [0.15, 0.2) is 36.4 Å². The maximum absolute atomic E-state index is 13.2. The molecule has 0 bridgehead atoms. The molecule has 13 heteroatoms. The minimum absolute atomic E-state index is 0.180. The Balaban J connectivity index is 1.89. The van der Waals surface area contributed by atoms with Crippen molar-refractivity contribution < 1.29 is 38.6 Å². The molecule has 1 aliphatic heterocycles. The average Bonchev–Trinajstić information content (AvgIpc) is 3.28. The van der Waals surface area contributed by atoms with E-state index < -0.39 is 29.6 Å². The molecule has 1 aromatic carbocycles. The summed E-state index contributed by atoms with van der Waals surface area (Å²) in [5.41, 5.74) is 6.94. The van der Waals surface area contributed by atoms with Crippen LogP contribution in [0.4, 0.5) is 10.5 Å². The number of rotatable bonds is 19. The van der Waals surface area contributed by atoms with Gasteiger partial charge in [-0.1, -0.05) is 25.5 Å². The third kappa shape index (κ3) is 14.7. The van der Waals surface area contributed by atoms with Crippen molar-refractivity contribution in [1.29, 1.82) is 0 Å². The van der Waals surface area contributed by atoms with Gasteiger partial charge in [-0.25, -0.2) is 4.79 Å². The van der Waals surface area contributed by atoms with Gasteiger partial charge in [0.05, 0.1) is 5.92 Å². The minimum Gasteiger partial charge on any atom is -0.481 e. The van der Waals surface area contributed by atoms with Crippen LogP contribution in [-0.2, 0) is 35.1 Å². The molecule has 0 aliphatic carbocycles. The number of hydrogen-bond donors (Lipinski definition) is 5. The Morgan fingerprint density at radius 3 is 2.22 bits per heavy atom. The summed E-state index contributed by atoms with van der Waals surface area (Å²) in [4.78, 5) is 73.5. The molecule has 1 unspecified atom stereocenters. The Morgan fingerprint density at radius 1 is 0.957 bits per heavy atom. The highest BCUT2D eigenvalue weighted by atomic mass is 16.6. The van der Waals surface area contributed by atoms with E-state index in [2.05, 4.69) is 16.0 Å². The maximum Gasteiger partial charge on any atom is 0.407 e. The largest absolute Gasteiger partial charge is 0.481 e. The van der Waals surface area contributed by atoms with Gasteiger partial charge in [-0.3, -0.25) is 28.9 Å². The Labute approximate surface area is 270 Å². The number of aliphatic carboxylic acids is 1. The first kappa shape index (κ1) is 37.9. The number of carboxylic acids is 1. The lowest BCUT2D eigenvalue weighted by Gasteiger charge is -2.20. The first-order chi connectivity index (χ1) is 21.6. The number of nitrogens with zero attached hydrogens (tertiary/aromatic N) is 1. The fourth-order valence-corrected chi connectivity index (χ4v) is 4.79. The average molecular weight is 644 g/mol. The molecule has 0 saturated carbocycles. The Kier molecular flexibility index (Phi) is 15.4. The summed E-state index contributed by atoms with van der Waals surface area (Å²) in [6.07, 6.45) is 6.15. The van der Waals surface area contributed by atoms with Crippen LogP contribution in [0.1, 0.15) is 84.6 Å². The number of imide groups is 1. The number of benzene rings is 1. The van der Waals surface area contributed by atoms with Crippen molar-refractivity contribution in [2.45, 2.75) is 103 Å². The fourth-order valence-electron chi connectivity index (χ4n) is 4.79. The van der Waals surface area contributed by atoms with Crippen molar-refractivity contribution in [3.8, 4) is 0 Å². The topological polar surface area (TPSA) is 197 Å². The SMILES string of the molecule is CC(C[C@@H](N)Cc1ccc(NC(=O)[C@H](CCCCNC(=O)OC(C)(C)C)NC(=O)CCCCCN2C(=O)C=CC2=O)cc1)C(=O)O. The molecule has 0 fully saturated rings. The summed E-state index contributed by atoms with van der Waals surface area (Å²) in [6.45, 7) is 7.59. The highest BCUT2D eigenvalue weighted by Crippen LogP contribution is 2.16. The van der Waals surface area contributed by atoms with Crippen LogP contribution in [0, 0.1) is 5.92 Å². The highest BCUT2D eigenvalue weighted by molar-refractivity contribution is 6.12. The Bertz CT molecular complexity index is 1220. The van der Waals surface area contributed by atoms with Crippen LogP contribution in [0.2, 0.25) is 0 Å². The molecular formula is C33H49N5O8. The van der Waals surface area contributed by atoms with E-state index in [1.807, 2.05) is 12.1 Å². The molecule has 13 nitrogen and oxygen atoms in total. The molecule has 6 N–H and O–H groups in total. The van der Waals surface area contributed by atoms with E-state index in [1.165, 1.54) is 17.1 Å². The first-order valence-electron chi connectivity index (χ1n) is 15.8. The van der Waals surface area contributed by atoms with Crippen LogP contribution in [0.25, 0.3) is 0 Å². The van der Waals surface area contributed by atoms with E-state index in [9.17, 15) is 28.8 Å². The van der Waals surface area contributed by atoms with Gasteiger partial charge in [-0.15, -0.1) is 0 Å². The number of anilines is 1. The smallest absolute Gasteiger partial charge is 0.407 e. The zero-order valence-electron chi connectivity index (χ0n) is 27.3. The van der Waals surface area contributed by atoms with Crippen LogP contribution < -0.4 is 21.7 Å². The zero-order valence-corrected chi connectivity index (χ0v) is 27.3. The van der Waals surface area contributed by atoms with Gasteiger partial charge >= 0.3 is 12.1 Å². The number of alkyl carbamates (subject to hydrolysis) is 1. The lowest BCUT2D eigenvalue weighted by Crippen LogP contribution is -2.43. The lowest BCUT2D eigenvalue weighted by molar-refractivity contribution is -0.141. The molecule has 0 aromatic heterocycles. The second-order valence-electron chi connectivity index (χ2n) is 12.6. The number of hydrogen-bond acceptors (Lipinski definition) is 8. The van der Waals surface area contributed by atoms with E-state index in [-0.39, 0.29) is 36.1 Å². The summed E-state index contributed by atoms with van der Waals surface area (Å²) in [6, 6.07) is 5.96. The second-order valence-corrected chi connectivity index (χ2v) is 12.6. The number of carbonyl (C=O) groups is 6. The summed E-state index contributed by atoms with van der Waals surface area (Å²) in [5.74, 6) is -2.77. The summed E-state index contributed by atoms with van der Waals surface area (Å²) >= 11 is 0. The molecule has 0 spiro atoms. The third-order valence-electron chi connectivity index (χ3n) is 7.22. The van der Waals surface area contributed by atoms with Crippen molar-refractivity contribution >= 4 is 41.4 Å². The number of amides is 5.